The van der Waals surface area contributed by atoms with Crippen molar-refractivity contribution in [1.82, 2.24) is 14.8 Å². The van der Waals surface area contributed by atoms with Gasteiger partial charge in [-0.15, -0.1) is 16.4 Å². The molecule has 0 radical (unpaired) electrons. The molecular weight excluding hydrogens is 376 g/mol. The minimum Gasteiger partial charge on any atom is -0.413 e. The van der Waals surface area contributed by atoms with Crippen molar-refractivity contribution in [2.45, 2.75) is 26.1 Å². The number of nitrogens with zero attached hydrogens (tertiary/aromatic N) is 3. The van der Waals surface area contributed by atoms with Gasteiger partial charge in [-0.05, 0) is 36.8 Å². The van der Waals surface area contributed by atoms with Crippen LogP contribution in [0.2, 0.25) is 0 Å². The highest BCUT2D eigenvalue weighted by molar-refractivity contribution is 7.71. The Morgan fingerprint density at radius 1 is 1.15 bits per heavy atom. The second-order valence-corrected chi connectivity index (χ2v) is 8.08. The quantitative estimate of drug-likeness (QED) is 0.505. The van der Waals surface area contributed by atoms with Gasteiger partial charge in [0.25, 0.3) is 4.84 Å². The number of benzene rings is 2. The second kappa shape index (κ2) is 7.72. The Bertz CT molecular complexity index is 1070. The van der Waals surface area contributed by atoms with Crippen molar-refractivity contribution < 1.29 is 9.32 Å². The van der Waals surface area contributed by atoms with Crippen molar-refractivity contribution in [3.63, 3.8) is 0 Å². The van der Waals surface area contributed by atoms with E-state index >= 15 is 0 Å². The number of nitrogens with one attached hydrogen (secondary N) is 1. The Hall–Kier alpha value is -2.35. The maximum absolute atomic E-state index is 5.69. The van der Waals surface area contributed by atoms with Crippen molar-refractivity contribution >= 4 is 33.8 Å². The number of rotatable bonds is 6. The molecular formula is C20H21N4OS2+. The summed E-state index contributed by atoms with van der Waals surface area (Å²) < 4.78 is 8.68. The Morgan fingerprint density at radius 3 is 2.67 bits per heavy atom. The standard InChI is InChI=1S/C20H20N4OS2/c1-14(19-21-16-10-6-7-11-17(16)27-19)23(2)13-24-20(26)25-18(22-24)12-15-8-4-3-5-9-15/h3-11,14H,12-13H2,1-2H3/p+1/t14-/m1/s1. The van der Waals surface area contributed by atoms with E-state index < -0.39 is 0 Å². The fourth-order valence-electron chi connectivity index (χ4n) is 2.95. The van der Waals surface area contributed by atoms with Crippen molar-refractivity contribution in [3.8, 4) is 0 Å². The molecule has 7 heteroatoms. The highest BCUT2D eigenvalue weighted by Crippen LogP contribution is 2.24. The lowest BCUT2D eigenvalue weighted by atomic mass is 10.2. The first kappa shape index (κ1) is 18.0. The fraction of sp³-hybridized carbons (Fsp3) is 0.250. The predicted molar refractivity (Wildman–Crippen MR) is 109 cm³/mol. The van der Waals surface area contributed by atoms with Gasteiger partial charge < -0.3 is 9.32 Å². The zero-order valence-corrected chi connectivity index (χ0v) is 16.9. The molecule has 27 heavy (non-hydrogen) atoms. The van der Waals surface area contributed by atoms with E-state index in [0.717, 1.165) is 16.1 Å². The van der Waals surface area contributed by atoms with E-state index in [-0.39, 0.29) is 6.04 Å². The molecule has 0 saturated carbocycles. The highest BCUT2D eigenvalue weighted by Gasteiger charge is 2.21. The first-order valence-corrected chi connectivity index (χ1v) is 10.1. The van der Waals surface area contributed by atoms with Crippen molar-refractivity contribution in [2.75, 3.05) is 7.05 Å². The summed E-state index contributed by atoms with van der Waals surface area (Å²) in [5.41, 5.74) is 2.21. The van der Waals surface area contributed by atoms with Gasteiger partial charge in [-0.25, -0.2) is 4.98 Å². The summed E-state index contributed by atoms with van der Waals surface area (Å²) in [4.78, 5) is 6.45. The van der Waals surface area contributed by atoms with Crippen LogP contribution in [0.5, 0.6) is 0 Å². The van der Waals surface area contributed by atoms with Crippen LogP contribution in [0.15, 0.2) is 59.0 Å². The molecule has 0 bridgehead atoms. The summed E-state index contributed by atoms with van der Waals surface area (Å²) in [5.74, 6) is 0.645. The highest BCUT2D eigenvalue weighted by atomic mass is 32.1. The summed E-state index contributed by atoms with van der Waals surface area (Å²) in [7, 11) is 2.13. The van der Waals surface area contributed by atoms with E-state index in [1.54, 1.807) is 16.0 Å². The first-order valence-electron chi connectivity index (χ1n) is 8.88. The third-order valence-corrected chi connectivity index (χ3v) is 6.18. The minimum absolute atomic E-state index is 0.235. The molecule has 1 unspecified atom stereocenters. The number of hydrogen-bond acceptors (Lipinski definition) is 5. The smallest absolute Gasteiger partial charge is 0.291 e. The van der Waals surface area contributed by atoms with Crippen molar-refractivity contribution in [3.05, 3.63) is 75.9 Å². The van der Waals surface area contributed by atoms with Gasteiger partial charge in [0.15, 0.2) is 11.7 Å². The van der Waals surface area contributed by atoms with Gasteiger partial charge in [0, 0.05) is 0 Å². The lowest BCUT2D eigenvalue weighted by molar-refractivity contribution is -0.933. The van der Waals surface area contributed by atoms with Crippen molar-refractivity contribution in [1.29, 1.82) is 0 Å². The van der Waals surface area contributed by atoms with Crippen LogP contribution in [0.3, 0.4) is 0 Å². The summed E-state index contributed by atoms with van der Waals surface area (Å²) in [6.45, 7) is 2.82. The molecule has 2 aromatic carbocycles. The van der Waals surface area contributed by atoms with Crippen LogP contribution in [-0.4, -0.2) is 21.8 Å². The van der Waals surface area contributed by atoms with Crippen LogP contribution in [0.25, 0.3) is 10.2 Å². The van der Waals surface area contributed by atoms with Gasteiger partial charge in [0.2, 0.25) is 5.89 Å². The first-order chi connectivity index (χ1) is 13.1. The summed E-state index contributed by atoms with van der Waals surface area (Å²) in [5, 5.41) is 5.69. The minimum atomic E-state index is 0.235. The predicted octanol–water partition coefficient (Wildman–Crippen LogP) is 3.64. The van der Waals surface area contributed by atoms with Crippen LogP contribution >= 0.6 is 23.6 Å². The van der Waals surface area contributed by atoms with Gasteiger partial charge >= 0.3 is 0 Å². The molecule has 0 aliphatic rings. The lowest BCUT2D eigenvalue weighted by Gasteiger charge is -2.19. The molecule has 4 aromatic rings. The molecule has 4 rings (SSSR count). The molecule has 0 saturated heterocycles. The van der Waals surface area contributed by atoms with Gasteiger partial charge in [0.05, 0.1) is 23.7 Å². The molecule has 0 fully saturated rings. The van der Waals surface area contributed by atoms with E-state index in [1.165, 1.54) is 9.60 Å². The number of thiazole rings is 1. The van der Waals surface area contributed by atoms with Gasteiger partial charge in [-0.3, -0.25) is 0 Å². The average molecular weight is 398 g/mol. The van der Waals surface area contributed by atoms with Crippen LogP contribution < -0.4 is 4.90 Å². The maximum atomic E-state index is 5.69. The molecule has 2 atom stereocenters. The molecule has 0 aliphatic heterocycles. The average Bonchev–Trinajstić information content (AvgIpc) is 3.25. The molecule has 1 N–H and O–H groups in total. The molecule has 2 heterocycles. The molecule has 0 spiro atoms. The molecule has 0 amide bonds. The summed E-state index contributed by atoms with van der Waals surface area (Å²) in [6.07, 6.45) is 0.643. The molecule has 138 valence electrons. The SMILES string of the molecule is C[C@H](c1nc2ccccc2s1)[NH+](C)Cn1nc(Cc2ccccc2)oc1=S. The maximum Gasteiger partial charge on any atom is 0.291 e. The van der Waals surface area contributed by atoms with Crippen LogP contribution in [0, 0.1) is 4.84 Å². The third-order valence-electron chi connectivity index (χ3n) is 4.67. The normalized spacial score (nSPS) is 13.7. The molecule has 5 nitrogen and oxygen atoms in total. The van der Waals surface area contributed by atoms with E-state index in [0.29, 0.717) is 23.8 Å². The second-order valence-electron chi connectivity index (χ2n) is 6.67. The van der Waals surface area contributed by atoms with Gasteiger partial charge in [-0.2, -0.15) is 4.68 Å². The van der Waals surface area contributed by atoms with Crippen LogP contribution in [0.1, 0.15) is 29.4 Å². The zero-order valence-electron chi connectivity index (χ0n) is 15.3. The Morgan fingerprint density at radius 2 is 1.89 bits per heavy atom. The van der Waals surface area contributed by atoms with Crippen molar-refractivity contribution in [2.24, 2.45) is 0 Å². The number of fused-ring (bicyclic) bond motifs is 1. The monoisotopic (exact) mass is 397 g/mol. The number of para-hydroxylation sites is 1. The topological polar surface area (TPSA) is 48.3 Å². The van der Waals surface area contributed by atoms with E-state index in [9.17, 15) is 0 Å². The fourth-order valence-corrected chi connectivity index (χ4v) is 4.26. The number of aromatic nitrogens is 3. The van der Waals surface area contributed by atoms with Gasteiger partial charge in [0.1, 0.15) is 6.04 Å². The Labute approximate surface area is 166 Å². The molecule has 2 aromatic heterocycles. The zero-order chi connectivity index (χ0) is 18.8. The third kappa shape index (κ3) is 4.00. The van der Waals surface area contributed by atoms with Crippen LogP contribution in [0.4, 0.5) is 0 Å². The lowest BCUT2D eigenvalue weighted by Crippen LogP contribution is -3.08. The molecule has 0 aliphatic carbocycles. The Kier molecular flexibility index (Phi) is 5.15. The van der Waals surface area contributed by atoms with E-state index in [1.807, 2.05) is 24.3 Å². The largest absolute Gasteiger partial charge is 0.413 e. The van der Waals surface area contributed by atoms with E-state index in [2.05, 4.69) is 49.4 Å². The number of hydrogen-bond donors (Lipinski definition) is 1. The van der Waals surface area contributed by atoms with Crippen LogP contribution in [-0.2, 0) is 13.1 Å². The van der Waals surface area contributed by atoms with Gasteiger partial charge in [-0.1, -0.05) is 42.5 Å². The summed E-state index contributed by atoms with van der Waals surface area (Å²) in [6, 6.07) is 18.6. The Balaban J connectivity index is 1.48. The number of quaternary nitrogens is 1. The summed E-state index contributed by atoms with van der Waals surface area (Å²) >= 11 is 7.11. The van der Waals surface area contributed by atoms with E-state index in [4.69, 9.17) is 21.6 Å².